The van der Waals surface area contributed by atoms with Gasteiger partial charge in [-0.1, -0.05) is 26.8 Å². The molecule has 0 aliphatic carbocycles. The van der Waals surface area contributed by atoms with Crippen LogP contribution in [0.3, 0.4) is 0 Å². The van der Waals surface area contributed by atoms with E-state index < -0.39 is 0 Å². The van der Waals surface area contributed by atoms with E-state index >= 15 is 0 Å². The van der Waals surface area contributed by atoms with Gasteiger partial charge in [-0.3, -0.25) is 9.78 Å². The van der Waals surface area contributed by atoms with Crippen LogP contribution < -0.4 is 16.0 Å². The van der Waals surface area contributed by atoms with Gasteiger partial charge in [0.2, 0.25) is 5.95 Å². The molecule has 0 fully saturated rings. The van der Waals surface area contributed by atoms with Crippen molar-refractivity contribution in [3.8, 4) is 0 Å². The smallest absolute Gasteiger partial charge is 0.319 e. The number of hydrogen-bond acceptors (Lipinski definition) is 7. The molecule has 10 heteroatoms. The maximum Gasteiger partial charge on any atom is 0.319 e. The van der Waals surface area contributed by atoms with Gasteiger partial charge in [-0.25, -0.2) is 9.78 Å². The van der Waals surface area contributed by atoms with Crippen molar-refractivity contribution in [1.29, 1.82) is 0 Å². The number of aromatic nitrogens is 3. The van der Waals surface area contributed by atoms with E-state index in [-0.39, 0.29) is 23.4 Å². The van der Waals surface area contributed by atoms with E-state index in [2.05, 4.69) is 57.7 Å². The van der Waals surface area contributed by atoms with Crippen LogP contribution in [0.4, 0.5) is 27.9 Å². The standard InChI is InChI=1S/C29H38N8O2/c1-18(2)32-26(38)23-16-31-27(35-25(23)33-22-10-12-30-24(15-22)29(3,4)5)34-21-9-8-20-17-37(28(39)36(6)7)13-11-19(20)14-21/h8-10,12,14-16,18H,11,13,17H2,1-7H3,(H,32,38)(H2,30,31,33,34,35). The molecule has 0 unspecified atom stereocenters. The van der Waals surface area contributed by atoms with E-state index in [1.165, 1.54) is 11.8 Å². The van der Waals surface area contributed by atoms with Crippen molar-refractivity contribution in [2.75, 3.05) is 31.3 Å². The summed E-state index contributed by atoms with van der Waals surface area (Å²) in [6, 6.07) is 9.85. The van der Waals surface area contributed by atoms with Gasteiger partial charge in [-0.15, -0.1) is 0 Å². The number of urea groups is 1. The second kappa shape index (κ2) is 11.3. The summed E-state index contributed by atoms with van der Waals surface area (Å²) < 4.78 is 0. The number of rotatable bonds is 6. The zero-order valence-corrected chi connectivity index (χ0v) is 23.8. The zero-order chi connectivity index (χ0) is 28.3. The molecule has 1 aliphatic heterocycles. The lowest BCUT2D eigenvalue weighted by Gasteiger charge is -2.31. The highest BCUT2D eigenvalue weighted by molar-refractivity contribution is 5.99. The molecule has 206 valence electrons. The Morgan fingerprint density at radius 1 is 1.00 bits per heavy atom. The third-order valence-corrected chi connectivity index (χ3v) is 6.37. The number of benzene rings is 1. The highest BCUT2D eigenvalue weighted by Crippen LogP contribution is 2.27. The minimum atomic E-state index is -0.255. The fourth-order valence-electron chi connectivity index (χ4n) is 4.30. The highest BCUT2D eigenvalue weighted by Gasteiger charge is 2.23. The van der Waals surface area contributed by atoms with E-state index in [0.717, 1.165) is 29.1 Å². The molecule has 10 nitrogen and oxygen atoms in total. The third kappa shape index (κ3) is 6.81. The summed E-state index contributed by atoms with van der Waals surface area (Å²) in [5.74, 6) is 0.506. The van der Waals surface area contributed by atoms with Crippen molar-refractivity contribution in [3.05, 3.63) is 65.1 Å². The van der Waals surface area contributed by atoms with Gasteiger partial charge in [0.1, 0.15) is 11.4 Å². The number of hydrogen-bond donors (Lipinski definition) is 3. The van der Waals surface area contributed by atoms with E-state index in [9.17, 15) is 9.59 Å². The van der Waals surface area contributed by atoms with Crippen LogP contribution in [-0.2, 0) is 18.4 Å². The summed E-state index contributed by atoms with van der Waals surface area (Å²) in [5.41, 5.74) is 5.07. The van der Waals surface area contributed by atoms with Crippen molar-refractivity contribution in [2.45, 2.75) is 59.0 Å². The third-order valence-electron chi connectivity index (χ3n) is 6.37. The maximum atomic E-state index is 12.9. The second-order valence-corrected chi connectivity index (χ2v) is 11.3. The lowest BCUT2D eigenvalue weighted by Crippen LogP contribution is -2.42. The van der Waals surface area contributed by atoms with Gasteiger partial charge in [0.05, 0.1) is 0 Å². The van der Waals surface area contributed by atoms with Crippen LogP contribution in [0.1, 0.15) is 61.8 Å². The Balaban J connectivity index is 1.60. The molecule has 0 bridgehead atoms. The van der Waals surface area contributed by atoms with Crippen LogP contribution in [0.5, 0.6) is 0 Å². The van der Waals surface area contributed by atoms with Crippen molar-refractivity contribution in [3.63, 3.8) is 0 Å². The van der Waals surface area contributed by atoms with Crippen LogP contribution >= 0.6 is 0 Å². The van der Waals surface area contributed by atoms with E-state index in [4.69, 9.17) is 0 Å². The minimum absolute atomic E-state index is 0.0155. The van der Waals surface area contributed by atoms with Crippen LogP contribution in [0, 0.1) is 0 Å². The number of carbonyl (C=O) groups is 2. The molecule has 0 atom stereocenters. The molecule has 0 radical (unpaired) electrons. The number of fused-ring (bicyclic) bond motifs is 1. The number of anilines is 4. The van der Waals surface area contributed by atoms with Crippen molar-refractivity contribution in [1.82, 2.24) is 30.1 Å². The van der Waals surface area contributed by atoms with Gasteiger partial charge in [-0.2, -0.15) is 4.98 Å². The van der Waals surface area contributed by atoms with Crippen LogP contribution in [-0.4, -0.2) is 63.4 Å². The normalized spacial score (nSPS) is 13.1. The van der Waals surface area contributed by atoms with E-state index in [1.54, 1.807) is 25.2 Å². The molecule has 2 aromatic heterocycles. The zero-order valence-electron chi connectivity index (χ0n) is 23.8. The number of nitrogens with one attached hydrogen (secondary N) is 3. The monoisotopic (exact) mass is 530 g/mol. The summed E-state index contributed by atoms with van der Waals surface area (Å²) in [4.78, 5) is 42.4. The Morgan fingerprint density at radius 3 is 2.44 bits per heavy atom. The maximum absolute atomic E-state index is 12.9. The number of pyridine rings is 1. The first kappa shape index (κ1) is 27.8. The fraction of sp³-hybridized carbons (Fsp3) is 0.414. The summed E-state index contributed by atoms with van der Waals surface area (Å²) >= 11 is 0. The molecule has 3 N–H and O–H groups in total. The summed E-state index contributed by atoms with van der Waals surface area (Å²) in [6.45, 7) is 11.4. The average Bonchev–Trinajstić information content (AvgIpc) is 2.87. The van der Waals surface area contributed by atoms with Gasteiger partial charge in [0, 0.05) is 68.1 Å². The Labute approximate surface area is 230 Å². The first-order valence-corrected chi connectivity index (χ1v) is 13.2. The number of nitrogens with zero attached hydrogens (tertiary/aromatic N) is 5. The molecule has 4 rings (SSSR count). The molecule has 3 amide bonds. The van der Waals surface area contributed by atoms with Gasteiger partial charge in [0.15, 0.2) is 0 Å². The number of carbonyl (C=O) groups excluding carboxylic acids is 2. The molecule has 1 aromatic carbocycles. The largest absolute Gasteiger partial charge is 0.350 e. The molecule has 0 saturated heterocycles. The molecular weight excluding hydrogens is 492 g/mol. The van der Waals surface area contributed by atoms with Crippen molar-refractivity contribution >= 4 is 35.1 Å². The van der Waals surface area contributed by atoms with Crippen LogP contribution in [0.15, 0.2) is 42.7 Å². The first-order valence-electron chi connectivity index (χ1n) is 13.2. The molecule has 0 spiro atoms. The summed E-state index contributed by atoms with van der Waals surface area (Å²) in [7, 11) is 3.54. The molecule has 3 aromatic rings. The predicted octanol–water partition coefficient (Wildman–Crippen LogP) is 4.83. The highest BCUT2D eigenvalue weighted by atomic mass is 16.2. The van der Waals surface area contributed by atoms with E-state index in [0.29, 0.717) is 30.4 Å². The fourth-order valence-corrected chi connectivity index (χ4v) is 4.30. The number of amides is 3. The van der Waals surface area contributed by atoms with E-state index in [1.807, 2.05) is 43.0 Å². The van der Waals surface area contributed by atoms with Gasteiger partial charge < -0.3 is 25.8 Å². The van der Waals surface area contributed by atoms with Crippen LogP contribution in [0.2, 0.25) is 0 Å². The van der Waals surface area contributed by atoms with Crippen molar-refractivity contribution < 1.29 is 9.59 Å². The average molecular weight is 531 g/mol. The van der Waals surface area contributed by atoms with Gasteiger partial charge in [0.25, 0.3) is 5.91 Å². The Kier molecular flexibility index (Phi) is 8.03. The Hall–Kier alpha value is -4.21. The predicted molar refractivity (Wildman–Crippen MR) is 154 cm³/mol. The lowest BCUT2D eigenvalue weighted by molar-refractivity contribution is 0.0943. The molecule has 39 heavy (non-hydrogen) atoms. The Morgan fingerprint density at radius 2 is 1.74 bits per heavy atom. The quantitative estimate of drug-likeness (QED) is 0.418. The Bertz CT molecular complexity index is 1360. The molecule has 1 aliphatic rings. The summed E-state index contributed by atoms with van der Waals surface area (Å²) in [5, 5.41) is 9.51. The molecular formula is C29H38N8O2. The van der Waals surface area contributed by atoms with Gasteiger partial charge >= 0.3 is 6.03 Å². The molecule has 0 saturated carbocycles. The van der Waals surface area contributed by atoms with Crippen LogP contribution in [0.25, 0.3) is 0 Å². The topological polar surface area (TPSA) is 115 Å². The second-order valence-electron chi connectivity index (χ2n) is 11.3. The molecule has 3 heterocycles. The van der Waals surface area contributed by atoms with Crippen molar-refractivity contribution in [2.24, 2.45) is 0 Å². The summed E-state index contributed by atoms with van der Waals surface area (Å²) in [6.07, 6.45) is 4.05. The first-order chi connectivity index (χ1) is 18.4. The SMILES string of the molecule is CC(C)NC(=O)c1cnc(Nc2ccc3c(c2)CCN(C(=O)N(C)C)C3)nc1Nc1ccnc(C(C)(C)C)c1. The lowest BCUT2D eigenvalue weighted by atomic mass is 9.91. The minimum Gasteiger partial charge on any atom is -0.350 e. The van der Waals surface area contributed by atoms with Gasteiger partial charge in [-0.05, 0) is 55.7 Å².